The van der Waals surface area contributed by atoms with Gasteiger partial charge in [0.25, 0.3) is 0 Å². The van der Waals surface area contributed by atoms with Gasteiger partial charge in [0, 0.05) is 9.65 Å². The van der Waals surface area contributed by atoms with Crippen LogP contribution in [0.15, 0.2) is 24.3 Å². The van der Waals surface area contributed by atoms with Crippen molar-refractivity contribution in [3.63, 3.8) is 0 Å². The van der Waals surface area contributed by atoms with E-state index in [0.29, 0.717) is 15.4 Å². The molecule has 0 saturated heterocycles. The molecule has 0 aromatic heterocycles. The average Bonchev–Trinajstić information content (AvgIpc) is 2.45. The zero-order valence-electron chi connectivity index (χ0n) is 13.0. The predicted molar refractivity (Wildman–Crippen MR) is 99.9 cm³/mol. The average molecular weight is 420 g/mol. The molecule has 120 valence electrons. The molecule has 3 heteroatoms. The molecule has 0 fully saturated rings. The number of halogens is 2. The number of benzene rings is 1. The number of phenolic OH excluding ortho intramolecular Hbond substituents is 1. The van der Waals surface area contributed by atoms with Gasteiger partial charge in [0.2, 0.25) is 0 Å². The maximum absolute atomic E-state index is 9.74. The molecule has 1 aromatic carbocycles. The second-order valence-corrected chi connectivity index (χ2v) is 8.39. The van der Waals surface area contributed by atoms with Crippen LogP contribution in [0.3, 0.4) is 0 Å². The van der Waals surface area contributed by atoms with Crippen LogP contribution in [-0.2, 0) is 6.42 Å². The van der Waals surface area contributed by atoms with Gasteiger partial charge in [-0.25, -0.2) is 0 Å². The van der Waals surface area contributed by atoms with Gasteiger partial charge in [-0.1, -0.05) is 82.7 Å². The summed E-state index contributed by atoms with van der Waals surface area (Å²) in [5.41, 5.74) is 1.06. The molecule has 0 heterocycles. The molecular formula is C18H28Br2O. The zero-order chi connectivity index (χ0) is 15.5. The second-order valence-electron chi connectivity index (χ2n) is 5.80. The van der Waals surface area contributed by atoms with Crippen LogP contribution in [0, 0.1) is 0 Å². The number of aromatic hydroxyl groups is 1. The highest BCUT2D eigenvalue weighted by atomic mass is 79.9. The lowest BCUT2D eigenvalue weighted by Gasteiger charge is -2.15. The summed E-state index contributed by atoms with van der Waals surface area (Å²) in [7, 11) is 0. The van der Waals surface area contributed by atoms with Crippen LogP contribution in [-0.4, -0.2) is 14.8 Å². The molecule has 1 nitrogen and oxygen atoms in total. The van der Waals surface area contributed by atoms with Crippen LogP contribution in [0.2, 0.25) is 0 Å². The predicted octanol–water partition coefficient (Wildman–Crippen LogP) is 6.60. The van der Waals surface area contributed by atoms with Crippen LogP contribution in [0.25, 0.3) is 0 Å². The van der Waals surface area contributed by atoms with Crippen molar-refractivity contribution in [2.75, 3.05) is 0 Å². The number of hydrogen-bond donors (Lipinski definition) is 1. The lowest BCUT2D eigenvalue weighted by molar-refractivity contribution is 0.466. The van der Waals surface area contributed by atoms with Gasteiger partial charge < -0.3 is 5.11 Å². The van der Waals surface area contributed by atoms with Crippen molar-refractivity contribution < 1.29 is 5.11 Å². The molecule has 0 aliphatic heterocycles. The fourth-order valence-electron chi connectivity index (χ4n) is 2.54. The first-order valence-corrected chi connectivity index (χ1v) is 10.0. The first-order chi connectivity index (χ1) is 10.1. The highest BCUT2D eigenvalue weighted by Crippen LogP contribution is 2.25. The molecule has 2 unspecified atom stereocenters. The summed E-state index contributed by atoms with van der Waals surface area (Å²) in [6, 6.07) is 7.65. The number of alkyl halides is 2. The third kappa shape index (κ3) is 8.87. The fourth-order valence-corrected chi connectivity index (χ4v) is 4.59. The van der Waals surface area contributed by atoms with Gasteiger partial charge in [-0.2, -0.15) is 0 Å². The monoisotopic (exact) mass is 418 g/mol. The molecule has 0 aliphatic carbocycles. The maximum atomic E-state index is 9.74. The normalized spacial score (nSPS) is 14.0. The smallest absolute Gasteiger partial charge is 0.118 e. The van der Waals surface area contributed by atoms with Crippen LogP contribution >= 0.6 is 31.9 Å². The van der Waals surface area contributed by atoms with E-state index in [1.54, 1.807) is 6.07 Å². The Morgan fingerprint density at radius 3 is 2.29 bits per heavy atom. The minimum absolute atomic E-state index is 0.429. The highest BCUT2D eigenvalue weighted by Gasteiger charge is 2.11. The van der Waals surface area contributed by atoms with E-state index in [9.17, 15) is 5.11 Å². The molecule has 0 saturated carbocycles. The van der Waals surface area contributed by atoms with Crippen molar-refractivity contribution in [3.05, 3.63) is 29.8 Å². The molecule has 1 aromatic rings. The van der Waals surface area contributed by atoms with E-state index in [0.717, 1.165) is 24.8 Å². The molecule has 2 atom stereocenters. The largest absolute Gasteiger partial charge is 0.508 e. The fraction of sp³-hybridized carbons (Fsp3) is 0.667. The van der Waals surface area contributed by atoms with Crippen molar-refractivity contribution in [1.29, 1.82) is 0 Å². The number of phenols is 1. The van der Waals surface area contributed by atoms with Gasteiger partial charge in [0.1, 0.15) is 5.75 Å². The number of unbranched alkanes of at least 4 members (excludes halogenated alkanes) is 3. The molecule has 0 radical (unpaired) electrons. The van der Waals surface area contributed by atoms with Gasteiger partial charge in [0.15, 0.2) is 0 Å². The number of hydrogen-bond acceptors (Lipinski definition) is 1. The summed E-state index contributed by atoms with van der Waals surface area (Å²) >= 11 is 7.61. The Kier molecular flexibility index (Phi) is 10.5. The van der Waals surface area contributed by atoms with Gasteiger partial charge in [-0.15, -0.1) is 0 Å². The number of rotatable bonds is 11. The lowest BCUT2D eigenvalue weighted by Crippen LogP contribution is -2.08. The number of aryl methyl sites for hydroxylation is 1. The number of para-hydroxylation sites is 1. The summed E-state index contributed by atoms with van der Waals surface area (Å²) in [6.45, 7) is 2.25. The van der Waals surface area contributed by atoms with Crippen molar-refractivity contribution in [3.8, 4) is 5.75 Å². The standard InChI is InChI=1S/C18H28Br2O/c1-2-3-4-5-11-16(19)14-17(20)12-8-10-15-9-6-7-13-18(15)21/h6-7,9,13,16-17,21H,2-5,8,10-12,14H2,1H3. The van der Waals surface area contributed by atoms with E-state index >= 15 is 0 Å². The van der Waals surface area contributed by atoms with E-state index in [4.69, 9.17) is 0 Å². The summed E-state index contributed by atoms with van der Waals surface area (Å²) in [6.07, 6.45) is 11.1. The Bertz CT molecular complexity index is 381. The van der Waals surface area contributed by atoms with Gasteiger partial charge in [0.05, 0.1) is 0 Å². The first-order valence-electron chi connectivity index (χ1n) is 8.18. The topological polar surface area (TPSA) is 20.2 Å². The first kappa shape index (κ1) is 19.0. The Balaban J connectivity index is 2.13. The second kappa shape index (κ2) is 11.5. The molecule has 21 heavy (non-hydrogen) atoms. The SMILES string of the molecule is CCCCCCC(Br)CC(Br)CCCc1ccccc1O. The van der Waals surface area contributed by atoms with Crippen LogP contribution in [0.1, 0.15) is 63.9 Å². The Morgan fingerprint density at radius 1 is 0.952 bits per heavy atom. The van der Waals surface area contributed by atoms with E-state index in [1.807, 2.05) is 18.2 Å². The summed E-state index contributed by atoms with van der Waals surface area (Å²) in [4.78, 5) is 1.20. The summed E-state index contributed by atoms with van der Waals surface area (Å²) in [5.74, 6) is 0.429. The van der Waals surface area contributed by atoms with Crippen LogP contribution in [0.5, 0.6) is 5.75 Å². The van der Waals surface area contributed by atoms with Crippen molar-refractivity contribution in [2.24, 2.45) is 0 Å². The van der Waals surface area contributed by atoms with E-state index in [-0.39, 0.29) is 0 Å². The summed E-state index contributed by atoms with van der Waals surface area (Å²) < 4.78 is 0. The lowest BCUT2D eigenvalue weighted by atomic mass is 10.0. The van der Waals surface area contributed by atoms with E-state index in [1.165, 1.54) is 38.5 Å². The molecule has 0 amide bonds. The molecule has 0 bridgehead atoms. The van der Waals surface area contributed by atoms with Gasteiger partial charge in [-0.3, -0.25) is 0 Å². The van der Waals surface area contributed by atoms with Crippen molar-refractivity contribution in [1.82, 2.24) is 0 Å². The molecule has 1 rings (SSSR count). The van der Waals surface area contributed by atoms with Crippen LogP contribution < -0.4 is 0 Å². The molecule has 0 spiro atoms. The summed E-state index contributed by atoms with van der Waals surface area (Å²) in [5, 5.41) is 9.74. The van der Waals surface area contributed by atoms with E-state index in [2.05, 4.69) is 38.8 Å². The highest BCUT2D eigenvalue weighted by molar-refractivity contribution is 9.10. The minimum Gasteiger partial charge on any atom is -0.508 e. The van der Waals surface area contributed by atoms with Crippen molar-refractivity contribution in [2.45, 2.75) is 74.4 Å². The molecule has 1 N–H and O–H groups in total. The Hall–Kier alpha value is -0.0200. The zero-order valence-corrected chi connectivity index (χ0v) is 16.2. The maximum Gasteiger partial charge on any atom is 0.118 e. The Morgan fingerprint density at radius 2 is 1.62 bits per heavy atom. The minimum atomic E-state index is 0.429. The van der Waals surface area contributed by atoms with Gasteiger partial charge >= 0.3 is 0 Å². The third-order valence-corrected chi connectivity index (χ3v) is 5.50. The third-order valence-electron chi connectivity index (χ3n) is 3.84. The molecular weight excluding hydrogens is 392 g/mol. The molecule has 0 aliphatic rings. The van der Waals surface area contributed by atoms with Crippen LogP contribution in [0.4, 0.5) is 0 Å². The van der Waals surface area contributed by atoms with E-state index < -0.39 is 0 Å². The van der Waals surface area contributed by atoms with Gasteiger partial charge in [-0.05, 0) is 43.7 Å². The Labute approximate surface area is 146 Å². The quantitative estimate of drug-likeness (QED) is 0.316. The van der Waals surface area contributed by atoms with Crippen molar-refractivity contribution >= 4 is 31.9 Å².